The van der Waals surface area contributed by atoms with Crippen LogP contribution in [0.5, 0.6) is 11.5 Å². The molecule has 1 aliphatic heterocycles. The van der Waals surface area contributed by atoms with Crippen LogP contribution in [0.15, 0.2) is 51.7 Å². The molecule has 118 valence electrons. The van der Waals surface area contributed by atoms with Crippen molar-refractivity contribution in [2.45, 2.75) is 6.92 Å². The average Bonchev–Trinajstić information content (AvgIpc) is 3.19. The van der Waals surface area contributed by atoms with Gasteiger partial charge in [0.1, 0.15) is 0 Å². The van der Waals surface area contributed by atoms with Crippen LogP contribution in [0.1, 0.15) is 18.2 Å². The van der Waals surface area contributed by atoms with Gasteiger partial charge in [0.2, 0.25) is 0 Å². The fraction of sp³-hybridized carbons (Fsp3) is 0.176. The van der Waals surface area contributed by atoms with Crippen molar-refractivity contribution < 1.29 is 23.4 Å². The summed E-state index contributed by atoms with van der Waals surface area (Å²) in [4.78, 5) is 16.1. The lowest BCUT2D eigenvalue weighted by atomic mass is 10.1. The Hall–Kier alpha value is -3.02. The number of nitrogens with zero attached hydrogens (tertiary/aromatic N) is 1. The number of aliphatic imine (C=N–C) groups is 1. The summed E-state index contributed by atoms with van der Waals surface area (Å²) in [5.74, 6) is 1.27. The number of benzene rings is 1. The number of rotatable bonds is 5. The highest BCUT2D eigenvalue weighted by Crippen LogP contribution is 2.29. The summed E-state index contributed by atoms with van der Waals surface area (Å²) in [6.07, 6.45) is 3.11. The van der Waals surface area contributed by atoms with Crippen molar-refractivity contribution in [3.8, 4) is 11.5 Å². The van der Waals surface area contributed by atoms with Gasteiger partial charge in [-0.3, -0.25) is 0 Å². The van der Waals surface area contributed by atoms with Gasteiger partial charge >= 0.3 is 5.97 Å². The summed E-state index contributed by atoms with van der Waals surface area (Å²) in [7, 11) is 1.56. The SMILES string of the molecule is CCOc1ccc(C=C2N=C(c3ccco3)OC2=O)cc1OC. The van der Waals surface area contributed by atoms with E-state index in [2.05, 4.69) is 4.99 Å². The minimum atomic E-state index is -0.524. The highest BCUT2D eigenvalue weighted by Gasteiger charge is 2.25. The van der Waals surface area contributed by atoms with E-state index >= 15 is 0 Å². The number of hydrogen-bond donors (Lipinski definition) is 0. The number of carbonyl (C=O) groups excluding carboxylic acids is 1. The Balaban J connectivity index is 1.90. The molecule has 1 aliphatic rings. The van der Waals surface area contributed by atoms with E-state index in [1.807, 2.05) is 13.0 Å². The molecule has 0 N–H and O–H groups in total. The Morgan fingerprint density at radius 1 is 1.26 bits per heavy atom. The Bertz CT molecular complexity index is 774. The van der Waals surface area contributed by atoms with Crippen LogP contribution in [0.3, 0.4) is 0 Å². The average molecular weight is 313 g/mol. The second kappa shape index (κ2) is 6.39. The van der Waals surface area contributed by atoms with Crippen LogP contribution in [0.4, 0.5) is 0 Å². The van der Waals surface area contributed by atoms with Gasteiger partial charge in [-0.25, -0.2) is 9.79 Å². The van der Waals surface area contributed by atoms with Gasteiger partial charge in [-0.2, -0.15) is 0 Å². The van der Waals surface area contributed by atoms with Crippen LogP contribution in [-0.2, 0) is 9.53 Å². The molecule has 6 heteroatoms. The first-order valence-electron chi connectivity index (χ1n) is 7.08. The molecule has 0 atom stereocenters. The molecule has 3 rings (SSSR count). The molecule has 0 radical (unpaired) electrons. The summed E-state index contributed by atoms with van der Waals surface area (Å²) in [6.45, 7) is 2.44. The maximum absolute atomic E-state index is 11.9. The molecule has 6 nitrogen and oxygen atoms in total. The molecule has 0 spiro atoms. The number of hydrogen-bond acceptors (Lipinski definition) is 6. The maximum atomic E-state index is 11.9. The van der Waals surface area contributed by atoms with Gasteiger partial charge in [0.05, 0.1) is 20.0 Å². The number of esters is 1. The van der Waals surface area contributed by atoms with Crippen LogP contribution in [0.2, 0.25) is 0 Å². The predicted molar refractivity (Wildman–Crippen MR) is 83.5 cm³/mol. The van der Waals surface area contributed by atoms with Crippen molar-refractivity contribution >= 4 is 17.9 Å². The van der Waals surface area contributed by atoms with Gasteiger partial charge in [0.15, 0.2) is 23.0 Å². The minimum absolute atomic E-state index is 0.157. The Kier molecular flexibility index (Phi) is 4.14. The largest absolute Gasteiger partial charge is 0.493 e. The van der Waals surface area contributed by atoms with Crippen LogP contribution in [0.25, 0.3) is 6.08 Å². The molecular weight excluding hydrogens is 298 g/mol. The Morgan fingerprint density at radius 3 is 2.83 bits per heavy atom. The first-order chi connectivity index (χ1) is 11.2. The van der Waals surface area contributed by atoms with E-state index in [4.69, 9.17) is 18.6 Å². The summed E-state index contributed by atoms with van der Waals surface area (Å²) < 4.78 is 21.0. The van der Waals surface area contributed by atoms with Gasteiger partial charge < -0.3 is 18.6 Å². The summed E-state index contributed by atoms with van der Waals surface area (Å²) in [5.41, 5.74) is 0.948. The zero-order valence-corrected chi connectivity index (χ0v) is 12.7. The molecule has 0 saturated heterocycles. The molecule has 0 aliphatic carbocycles. The maximum Gasteiger partial charge on any atom is 0.363 e. The van der Waals surface area contributed by atoms with Gasteiger partial charge in [-0.1, -0.05) is 6.07 Å². The highest BCUT2D eigenvalue weighted by molar-refractivity contribution is 6.11. The van der Waals surface area contributed by atoms with E-state index < -0.39 is 5.97 Å². The normalized spacial score (nSPS) is 15.5. The van der Waals surface area contributed by atoms with Gasteiger partial charge in [-0.15, -0.1) is 0 Å². The molecule has 2 heterocycles. The molecule has 1 aromatic carbocycles. The second-order valence-electron chi connectivity index (χ2n) is 4.66. The third-order valence-electron chi connectivity index (χ3n) is 3.14. The molecule has 2 aromatic rings. The number of ether oxygens (including phenoxy) is 3. The Labute approximate surface area is 133 Å². The second-order valence-corrected chi connectivity index (χ2v) is 4.66. The van der Waals surface area contributed by atoms with Crippen LogP contribution >= 0.6 is 0 Å². The lowest BCUT2D eigenvalue weighted by Gasteiger charge is -2.09. The first-order valence-corrected chi connectivity index (χ1v) is 7.08. The van der Waals surface area contributed by atoms with Gasteiger partial charge in [0, 0.05) is 0 Å². The van der Waals surface area contributed by atoms with Crippen LogP contribution in [-0.4, -0.2) is 25.6 Å². The van der Waals surface area contributed by atoms with Crippen molar-refractivity contribution in [3.63, 3.8) is 0 Å². The molecule has 0 saturated carbocycles. The molecule has 0 amide bonds. The third-order valence-corrected chi connectivity index (χ3v) is 3.14. The quantitative estimate of drug-likeness (QED) is 0.627. The summed E-state index contributed by atoms with van der Waals surface area (Å²) >= 11 is 0. The van der Waals surface area contributed by atoms with Crippen LogP contribution in [0, 0.1) is 0 Å². The third kappa shape index (κ3) is 3.11. The van der Waals surface area contributed by atoms with Crippen LogP contribution < -0.4 is 9.47 Å². The predicted octanol–water partition coefficient (Wildman–Crippen LogP) is 3.03. The monoisotopic (exact) mass is 313 g/mol. The van der Waals surface area contributed by atoms with Gasteiger partial charge in [0.25, 0.3) is 5.90 Å². The molecule has 0 unspecified atom stereocenters. The van der Waals surface area contributed by atoms with Crippen molar-refractivity contribution in [1.29, 1.82) is 0 Å². The highest BCUT2D eigenvalue weighted by atomic mass is 16.6. The molecular formula is C17H15NO5. The standard InChI is InChI=1S/C17H15NO5/c1-3-21-13-7-6-11(10-15(13)20-2)9-12-17(19)23-16(18-12)14-5-4-8-22-14/h4-10H,3H2,1-2H3. The Morgan fingerprint density at radius 2 is 2.13 bits per heavy atom. The number of cyclic esters (lactones) is 1. The van der Waals surface area contributed by atoms with E-state index in [0.29, 0.717) is 23.9 Å². The molecule has 1 aromatic heterocycles. The topological polar surface area (TPSA) is 70.3 Å². The van der Waals surface area contributed by atoms with E-state index in [1.54, 1.807) is 37.5 Å². The fourth-order valence-electron chi connectivity index (χ4n) is 2.12. The van der Waals surface area contributed by atoms with E-state index in [-0.39, 0.29) is 11.6 Å². The van der Waals surface area contributed by atoms with Crippen molar-refractivity contribution in [1.82, 2.24) is 0 Å². The molecule has 23 heavy (non-hydrogen) atoms. The van der Waals surface area contributed by atoms with Crippen molar-refractivity contribution in [3.05, 3.63) is 53.6 Å². The smallest absolute Gasteiger partial charge is 0.363 e. The lowest BCUT2D eigenvalue weighted by Crippen LogP contribution is -2.04. The number of methoxy groups -OCH3 is 1. The van der Waals surface area contributed by atoms with E-state index in [0.717, 1.165) is 5.56 Å². The first kappa shape index (κ1) is 14.9. The summed E-state index contributed by atoms with van der Waals surface area (Å²) in [5, 5.41) is 0. The summed E-state index contributed by atoms with van der Waals surface area (Å²) in [6, 6.07) is 8.74. The minimum Gasteiger partial charge on any atom is -0.493 e. The lowest BCUT2D eigenvalue weighted by molar-refractivity contribution is -0.130. The number of carbonyl (C=O) groups is 1. The van der Waals surface area contributed by atoms with Crippen molar-refractivity contribution in [2.75, 3.05) is 13.7 Å². The fourth-order valence-corrected chi connectivity index (χ4v) is 2.12. The van der Waals surface area contributed by atoms with E-state index in [1.165, 1.54) is 6.26 Å². The van der Waals surface area contributed by atoms with Crippen molar-refractivity contribution in [2.24, 2.45) is 4.99 Å². The van der Waals surface area contributed by atoms with Gasteiger partial charge in [-0.05, 0) is 42.8 Å². The molecule has 0 bridgehead atoms. The molecule has 0 fully saturated rings. The number of furan rings is 1. The zero-order valence-electron chi connectivity index (χ0n) is 12.7. The van der Waals surface area contributed by atoms with E-state index in [9.17, 15) is 4.79 Å². The zero-order chi connectivity index (χ0) is 16.2.